The molecule has 6 heteroatoms. The number of nitrogens with zero attached hydrogens (tertiary/aromatic N) is 3. The fourth-order valence-corrected chi connectivity index (χ4v) is 5.41. The molecule has 0 bridgehead atoms. The number of carbonyl (C=O) groups is 2. The summed E-state index contributed by atoms with van der Waals surface area (Å²) >= 11 is 0. The minimum atomic E-state index is -0.233. The molecule has 196 valence electrons. The van der Waals surface area contributed by atoms with Gasteiger partial charge < -0.3 is 14.0 Å². The molecule has 0 aliphatic carbocycles. The van der Waals surface area contributed by atoms with Crippen molar-refractivity contribution in [1.82, 2.24) is 14.3 Å². The molecule has 1 atom stereocenters. The van der Waals surface area contributed by atoms with Gasteiger partial charge in [0.25, 0.3) is 0 Å². The summed E-state index contributed by atoms with van der Waals surface area (Å²) in [7, 11) is 0. The van der Waals surface area contributed by atoms with Crippen molar-refractivity contribution in [2.75, 3.05) is 19.7 Å². The van der Waals surface area contributed by atoms with Crippen LogP contribution in [0.3, 0.4) is 0 Å². The number of rotatable bonds is 7. The van der Waals surface area contributed by atoms with E-state index in [2.05, 4.69) is 66.9 Å². The van der Waals surface area contributed by atoms with E-state index in [1.165, 1.54) is 16.7 Å². The van der Waals surface area contributed by atoms with Crippen LogP contribution in [0.5, 0.6) is 0 Å². The van der Waals surface area contributed by atoms with Gasteiger partial charge in [-0.25, -0.2) is 4.98 Å². The normalized spacial score (nSPS) is 15.6. The van der Waals surface area contributed by atoms with E-state index in [1.54, 1.807) is 0 Å². The number of ether oxygens (including phenoxy) is 1. The highest BCUT2D eigenvalue weighted by molar-refractivity contribution is 5.79. The second kappa shape index (κ2) is 11.2. The summed E-state index contributed by atoms with van der Waals surface area (Å²) in [4.78, 5) is 32.4. The first kappa shape index (κ1) is 25.7. The minimum absolute atomic E-state index is 0.0682. The zero-order valence-electron chi connectivity index (χ0n) is 22.4. The third-order valence-electron chi connectivity index (χ3n) is 7.44. The molecular weight excluding hydrogens is 474 g/mol. The molecule has 0 saturated carbocycles. The standard InChI is InChI=1S/C32H35N3O3/c1-4-38-32(37)26-11-8-18-34(20-26)30(36)17-15-28-31(24-9-6-5-7-10-24)33-29-16-14-25(21-35(28)29)27-19-22(2)12-13-23(27)3/h5-7,9-10,12-14,16,19,21,26H,4,8,11,15,17-18,20H2,1-3H3/t26-/m0/s1. The van der Waals surface area contributed by atoms with E-state index in [0.717, 1.165) is 41.0 Å². The maximum atomic E-state index is 13.3. The molecule has 1 aliphatic rings. The molecule has 0 spiro atoms. The van der Waals surface area contributed by atoms with Crippen molar-refractivity contribution in [2.24, 2.45) is 5.92 Å². The average Bonchev–Trinajstić information content (AvgIpc) is 3.31. The number of fused-ring (bicyclic) bond motifs is 1. The van der Waals surface area contributed by atoms with Crippen LogP contribution in [-0.4, -0.2) is 45.9 Å². The van der Waals surface area contributed by atoms with E-state index in [0.29, 0.717) is 32.5 Å². The van der Waals surface area contributed by atoms with Crippen molar-refractivity contribution in [3.05, 3.63) is 83.7 Å². The van der Waals surface area contributed by atoms with Gasteiger partial charge in [-0.2, -0.15) is 0 Å². The minimum Gasteiger partial charge on any atom is -0.466 e. The number of aromatic nitrogens is 2. The second-order valence-corrected chi connectivity index (χ2v) is 10.2. The Morgan fingerprint density at radius 2 is 1.84 bits per heavy atom. The van der Waals surface area contributed by atoms with Crippen molar-refractivity contribution in [2.45, 2.75) is 46.5 Å². The number of likely N-dealkylation sites (tertiary alicyclic amines) is 1. The van der Waals surface area contributed by atoms with Crippen LogP contribution >= 0.6 is 0 Å². The predicted octanol–water partition coefficient (Wildman–Crippen LogP) is 6.02. The topological polar surface area (TPSA) is 63.9 Å². The number of hydrogen-bond donors (Lipinski definition) is 0. The molecule has 1 aliphatic heterocycles. The summed E-state index contributed by atoms with van der Waals surface area (Å²) in [6.07, 6.45) is 4.65. The van der Waals surface area contributed by atoms with E-state index in [1.807, 2.05) is 30.0 Å². The lowest BCUT2D eigenvalue weighted by atomic mass is 9.97. The summed E-state index contributed by atoms with van der Waals surface area (Å²) in [5, 5.41) is 0. The lowest BCUT2D eigenvalue weighted by molar-refractivity contribution is -0.151. The van der Waals surface area contributed by atoms with Crippen molar-refractivity contribution >= 4 is 17.5 Å². The Labute approximate surface area is 224 Å². The smallest absolute Gasteiger partial charge is 0.310 e. The number of benzene rings is 2. The molecule has 2 aromatic carbocycles. The molecular formula is C32H35N3O3. The van der Waals surface area contributed by atoms with Crippen LogP contribution in [0.1, 0.15) is 43.0 Å². The molecule has 6 nitrogen and oxygen atoms in total. The Bertz CT molecular complexity index is 1460. The molecule has 3 heterocycles. The van der Waals surface area contributed by atoms with Gasteiger partial charge in [-0.05, 0) is 68.9 Å². The lowest BCUT2D eigenvalue weighted by Crippen LogP contribution is -2.42. The van der Waals surface area contributed by atoms with Crippen LogP contribution in [0.25, 0.3) is 28.0 Å². The van der Waals surface area contributed by atoms with Gasteiger partial charge in [0.1, 0.15) is 5.65 Å². The number of imidazole rings is 1. The largest absolute Gasteiger partial charge is 0.466 e. The highest BCUT2D eigenvalue weighted by atomic mass is 16.5. The second-order valence-electron chi connectivity index (χ2n) is 10.2. The zero-order valence-corrected chi connectivity index (χ0v) is 22.4. The van der Waals surface area contributed by atoms with Crippen LogP contribution in [-0.2, 0) is 20.7 Å². The first-order valence-corrected chi connectivity index (χ1v) is 13.5. The first-order valence-electron chi connectivity index (χ1n) is 13.5. The Morgan fingerprint density at radius 1 is 1.03 bits per heavy atom. The number of hydrogen-bond acceptors (Lipinski definition) is 4. The van der Waals surface area contributed by atoms with Gasteiger partial charge in [0.05, 0.1) is 23.9 Å². The van der Waals surface area contributed by atoms with Gasteiger partial charge in [-0.15, -0.1) is 0 Å². The van der Waals surface area contributed by atoms with Crippen molar-refractivity contribution in [1.29, 1.82) is 0 Å². The summed E-state index contributed by atoms with van der Waals surface area (Å²) in [5.74, 6) is -0.362. The number of aryl methyl sites for hydroxylation is 3. The Morgan fingerprint density at radius 3 is 2.63 bits per heavy atom. The monoisotopic (exact) mass is 509 g/mol. The quantitative estimate of drug-likeness (QED) is 0.286. The molecule has 0 radical (unpaired) electrons. The summed E-state index contributed by atoms with van der Waals surface area (Å²) < 4.78 is 7.36. The van der Waals surface area contributed by atoms with E-state index in [9.17, 15) is 9.59 Å². The maximum Gasteiger partial charge on any atom is 0.310 e. The lowest BCUT2D eigenvalue weighted by Gasteiger charge is -2.31. The number of pyridine rings is 1. The molecule has 1 amide bonds. The van der Waals surface area contributed by atoms with E-state index in [-0.39, 0.29) is 17.8 Å². The summed E-state index contributed by atoms with van der Waals surface area (Å²) in [6.45, 7) is 7.54. The SMILES string of the molecule is CCOC(=O)[C@H]1CCCN(C(=O)CCc2c(-c3ccccc3)nc3ccc(-c4cc(C)ccc4C)cn23)C1. The third-order valence-corrected chi connectivity index (χ3v) is 7.44. The van der Waals surface area contributed by atoms with Gasteiger partial charge in [-0.3, -0.25) is 9.59 Å². The highest BCUT2D eigenvalue weighted by Crippen LogP contribution is 2.30. The van der Waals surface area contributed by atoms with Crippen molar-refractivity contribution in [3.8, 4) is 22.4 Å². The van der Waals surface area contributed by atoms with Crippen molar-refractivity contribution < 1.29 is 14.3 Å². The van der Waals surface area contributed by atoms with Crippen LogP contribution < -0.4 is 0 Å². The van der Waals surface area contributed by atoms with Crippen LogP contribution in [0.15, 0.2) is 66.9 Å². The molecule has 4 aromatic rings. The van der Waals surface area contributed by atoms with Gasteiger partial charge in [-0.1, -0.05) is 54.1 Å². The third kappa shape index (κ3) is 5.35. The molecule has 1 saturated heterocycles. The van der Waals surface area contributed by atoms with Gasteiger partial charge in [0.2, 0.25) is 5.91 Å². The van der Waals surface area contributed by atoms with E-state index >= 15 is 0 Å². The first-order chi connectivity index (χ1) is 18.4. The maximum absolute atomic E-state index is 13.3. The number of piperidine rings is 1. The average molecular weight is 510 g/mol. The van der Waals surface area contributed by atoms with Gasteiger partial charge >= 0.3 is 5.97 Å². The van der Waals surface area contributed by atoms with E-state index in [4.69, 9.17) is 9.72 Å². The van der Waals surface area contributed by atoms with Crippen LogP contribution in [0.2, 0.25) is 0 Å². The van der Waals surface area contributed by atoms with Crippen LogP contribution in [0.4, 0.5) is 0 Å². The van der Waals surface area contributed by atoms with Gasteiger partial charge in [0, 0.05) is 31.3 Å². The highest BCUT2D eigenvalue weighted by Gasteiger charge is 2.29. The van der Waals surface area contributed by atoms with Crippen molar-refractivity contribution in [3.63, 3.8) is 0 Å². The Kier molecular flexibility index (Phi) is 7.59. The fourth-order valence-electron chi connectivity index (χ4n) is 5.41. The molecule has 1 fully saturated rings. The summed E-state index contributed by atoms with van der Waals surface area (Å²) in [6, 6.07) is 20.8. The molecule has 38 heavy (non-hydrogen) atoms. The number of carbonyl (C=O) groups excluding carboxylic acids is 2. The molecule has 0 N–H and O–H groups in total. The molecule has 5 rings (SSSR count). The van der Waals surface area contributed by atoms with Gasteiger partial charge in [0.15, 0.2) is 0 Å². The number of amides is 1. The molecule has 0 unspecified atom stereocenters. The van der Waals surface area contributed by atoms with Crippen LogP contribution in [0, 0.1) is 19.8 Å². The zero-order chi connectivity index (χ0) is 26.6. The fraction of sp³-hybridized carbons (Fsp3) is 0.344. The molecule has 2 aromatic heterocycles. The predicted molar refractivity (Wildman–Crippen MR) is 150 cm³/mol. The Hall–Kier alpha value is -3.93. The summed E-state index contributed by atoms with van der Waals surface area (Å²) in [5.41, 5.74) is 8.57. The van der Waals surface area contributed by atoms with E-state index < -0.39 is 0 Å². The number of esters is 1. The Balaban J connectivity index is 1.46.